The Balaban J connectivity index is 1.60. The highest BCUT2D eigenvalue weighted by molar-refractivity contribution is 6.28. The maximum absolute atomic E-state index is 6.18. The van der Waals surface area contributed by atoms with Crippen molar-refractivity contribution in [2.45, 2.75) is 26.2 Å². The molecule has 0 unspecified atom stereocenters. The summed E-state index contributed by atoms with van der Waals surface area (Å²) in [5.41, 5.74) is 3.97. The molecule has 0 saturated carbocycles. The normalized spacial score (nSPS) is 13.3. The van der Waals surface area contributed by atoms with Crippen molar-refractivity contribution >= 4 is 23.1 Å². The van der Waals surface area contributed by atoms with Crippen LogP contribution in [0.3, 0.4) is 0 Å². The summed E-state index contributed by atoms with van der Waals surface area (Å²) < 4.78 is 11.2. The summed E-state index contributed by atoms with van der Waals surface area (Å²) in [7, 11) is 0. The minimum absolute atomic E-state index is 0.104. The molecule has 2 aromatic carbocycles. The molecule has 5 nitrogen and oxygen atoms in total. The summed E-state index contributed by atoms with van der Waals surface area (Å²) in [6.45, 7) is 7.69. The second-order valence-electron chi connectivity index (χ2n) is 7.72. The van der Waals surface area contributed by atoms with E-state index in [4.69, 9.17) is 21.1 Å². The first-order valence-corrected chi connectivity index (χ1v) is 9.58. The summed E-state index contributed by atoms with van der Waals surface area (Å²) in [5.74, 6) is 2.08. The van der Waals surface area contributed by atoms with E-state index in [2.05, 4.69) is 60.3 Å². The smallest absolute Gasteiger partial charge is 0.224 e. The number of aromatic nitrogens is 2. The van der Waals surface area contributed by atoms with Crippen molar-refractivity contribution in [2.75, 3.05) is 18.5 Å². The Bertz CT molecular complexity index is 998. The summed E-state index contributed by atoms with van der Waals surface area (Å²) in [6.07, 6.45) is 0. The lowest BCUT2D eigenvalue weighted by Gasteiger charge is -2.19. The van der Waals surface area contributed by atoms with Crippen LogP contribution in [0.5, 0.6) is 11.5 Å². The minimum Gasteiger partial charge on any atom is -0.486 e. The molecule has 0 bridgehead atoms. The number of nitrogens with one attached hydrogen (secondary N) is 1. The molecule has 4 rings (SSSR count). The van der Waals surface area contributed by atoms with Gasteiger partial charge >= 0.3 is 0 Å². The van der Waals surface area contributed by atoms with Crippen molar-refractivity contribution in [2.24, 2.45) is 0 Å². The summed E-state index contributed by atoms with van der Waals surface area (Å²) in [5, 5.41) is 3.46. The molecule has 0 radical (unpaired) electrons. The first-order valence-electron chi connectivity index (χ1n) is 9.21. The number of benzene rings is 2. The predicted octanol–water partition coefficient (Wildman–Crippen LogP) is 5.61. The Labute approximate surface area is 169 Å². The predicted molar refractivity (Wildman–Crippen MR) is 112 cm³/mol. The van der Waals surface area contributed by atoms with Crippen LogP contribution in [0.2, 0.25) is 5.28 Å². The fourth-order valence-corrected chi connectivity index (χ4v) is 3.22. The number of hydrogen-bond donors (Lipinski definition) is 1. The Morgan fingerprint density at radius 1 is 0.893 bits per heavy atom. The van der Waals surface area contributed by atoms with Crippen molar-refractivity contribution in [3.63, 3.8) is 0 Å². The monoisotopic (exact) mass is 395 g/mol. The Morgan fingerprint density at radius 2 is 1.61 bits per heavy atom. The molecule has 1 aliphatic rings. The van der Waals surface area contributed by atoms with Gasteiger partial charge < -0.3 is 14.8 Å². The van der Waals surface area contributed by atoms with Crippen molar-refractivity contribution in [1.29, 1.82) is 0 Å². The van der Waals surface area contributed by atoms with Gasteiger partial charge in [-0.1, -0.05) is 45.0 Å². The third kappa shape index (κ3) is 4.04. The number of anilines is 2. The molecule has 2 heterocycles. The molecule has 3 aromatic rings. The molecule has 0 aliphatic carbocycles. The molecule has 0 saturated heterocycles. The zero-order valence-corrected chi connectivity index (χ0v) is 16.9. The highest BCUT2D eigenvalue weighted by Crippen LogP contribution is 2.34. The van der Waals surface area contributed by atoms with Gasteiger partial charge in [-0.3, -0.25) is 0 Å². The number of rotatable bonds is 3. The van der Waals surface area contributed by atoms with Gasteiger partial charge in [-0.2, -0.15) is 0 Å². The van der Waals surface area contributed by atoms with Crippen LogP contribution in [0.4, 0.5) is 11.5 Å². The molecular weight excluding hydrogens is 374 g/mol. The molecule has 144 valence electrons. The first-order chi connectivity index (χ1) is 13.4. The lowest BCUT2D eigenvalue weighted by atomic mass is 9.86. The summed E-state index contributed by atoms with van der Waals surface area (Å²) >= 11 is 6.18. The van der Waals surface area contributed by atoms with Crippen molar-refractivity contribution in [3.8, 4) is 22.8 Å². The number of hydrogen-bond acceptors (Lipinski definition) is 5. The van der Waals surface area contributed by atoms with Gasteiger partial charge in [0.25, 0.3) is 0 Å². The van der Waals surface area contributed by atoms with Crippen LogP contribution in [0.1, 0.15) is 26.3 Å². The number of halogens is 1. The van der Waals surface area contributed by atoms with E-state index >= 15 is 0 Å². The Kier molecular flexibility index (Phi) is 4.85. The van der Waals surface area contributed by atoms with Gasteiger partial charge in [0.2, 0.25) is 5.28 Å². The van der Waals surface area contributed by atoms with E-state index in [1.165, 1.54) is 5.56 Å². The molecule has 1 aromatic heterocycles. The van der Waals surface area contributed by atoms with Gasteiger partial charge in [0.1, 0.15) is 19.0 Å². The van der Waals surface area contributed by atoms with E-state index in [-0.39, 0.29) is 10.7 Å². The average Bonchev–Trinajstić information content (AvgIpc) is 2.67. The van der Waals surface area contributed by atoms with Gasteiger partial charge in [0, 0.05) is 23.4 Å². The third-order valence-electron chi connectivity index (χ3n) is 4.56. The highest BCUT2D eigenvalue weighted by Gasteiger charge is 2.15. The molecule has 0 amide bonds. The lowest BCUT2D eigenvalue weighted by Crippen LogP contribution is -2.15. The van der Waals surface area contributed by atoms with E-state index < -0.39 is 0 Å². The standard InChI is InChI=1S/C22H22ClN3O2/c1-22(2,3)15-6-4-14(5-7-15)17-13-20(26-21(23)25-17)24-16-8-9-18-19(12-16)28-11-10-27-18/h4-9,12-13H,10-11H2,1-3H3,(H,24,25,26). The van der Waals surface area contributed by atoms with Crippen LogP contribution in [-0.2, 0) is 5.41 Å². The van der Waals surface area contributed by atoms with Gasteiger partial charge in [-0.05, 0) is 34.7 Å². The lowest BCUT2D eigenvalue weighted by molar-refractivity contribution is 0.171. The maximum atomic E-state index is 6.18. The average molecular weight is 396 g/mol. The van der Waals surface area contributed by atoms with Crippen LogP contribution in [0.25, 0.3) is 11.3 Å². The van der Waals surface area contributed by atoms with Crippen molar-refractivity contribution in [3.05, 3.63) is 59.4 Å². The number of nitrogens with zero attached hydrogens (tertiary/aromatic N) is 2. The number of fused-ring (bicyclic) bond motifs is 1. The third-order valence-corrected chi connectivity index (χ3v) is 4.73. The van der Waals surface area contributed by atoms with E-state index in [0.29, 0.717) is 19.0 Å². The van der Waals surface area contributed by atoms with Gasteiger partial charge in [-0.25, -0.2) is 9.97 Å². The summed E-state index contributed by atoms with van der Waals surface area (Å²) in [6, 6.07) is 15.9. The first kappa shape index (κ1) is 18.6. The minimum atomic E-state index is 0.104. The molecule has 1 N–H and O–H groups in total. The molecular formula is C22H22ClN3O2. The molecule has 0 atom stereocenters. The molecule has 6 heteroatoms. The topological polar surface area (TPSA) is 56.3 Å². The highest BCUT2D eigenvalue weighted by atomic mass is 35.5. The largest absolute Gasteiger partial charge is 0.486 e. The quantitative estimate of drug-likeness (QED) is 0.584. The van der Waals surface area contributed by atoms with Gasteiger partial charge in [-0.15, -0.1) is 0 Å². The fourth-order valence-electron chi connectivity index (χ4n) is 3.04. The molecule has 0 fully saturated rings. The zero-order chi connectivity index (χ0) is 19.7. The summed E-state index contributed by atoms with van der Waals surface area (Å²) in [4.78, 5) is 8.67. The van der Waals surface area contributed by atoms with Crippen LogP contribution in [0, 0.1) is 0 Å². The van der Waals surface area contributed by atoms with E-state index in [1.807, 2.05) is 24.3 Å². The van der Waals surface area contributed by atoms with Crippen LogP contribution < -0.4 is 14.8 Å². The van der Waals surface area contributed by atoms with Crippen LogP contribution in [0.15, 0.2) is 48.5 Å². The van der Waals surface area contributed by atoms with Gasteiger partial charge in [0.15, 0.2) is 11.5 Å². The van der Waals surface area contributed by atoms with Gasteiger partial charge in [0.05, 0.1) is 5.69 Å². The second-order valence-corrected chi connectivity index (χ2v) is 8.06. The van der Waals surface area contributed by atoms with E-state index in [0.717, 1.165) is 28.4 Å². The Hall–Kier alpha value is -2.79. The van der Waals surface area contributed by atoms with Crippen molar-refractivity contribution in [1.82, 2.24) is 9.97 Å². The zero-order valence-electron chi connectivity index (χ0n) is 16.1. The molecule has 1 aliphatic heterocycles. The van der Waals surface area contributed by atoms with E-state index in [1.54, 1.807) is 0 Å². The number of ether oxygens (including phenoxy) is 2. The fraction of sp³-hybridized carbons (Fsp3) is 0.273. The second kappa shape index (κ2) is 7.32. The van der Waals surface area contributed by atoms with Crippen LogP contribution in [-0.4, -0.2) is 23.2 Å². The van der Waals surface area contributed by atoms with Crippen LogP contribution >= 0.6 is 11.6 Å². The van der Waals surface area contributed by atoms with E-state index in [9.17, 15) is 0 Å². The maximum Gasteiger partial charge on any atom is 0.224 e. The molecule has 0 spiro atoms. The Morgan fingerprint density at radius 3 is 2.32 bits per heavy atom. The molecule has 28 heavy (non-hydrogen) atoms. The van der Waals surface area contributed by atoms with Crippen molar-refractivity contribution < 1.29 is 9.47 Å². The SMILES string of the molecule is CC(C)(C)c1ccc(-c2cc(Nc3ccc4c(c3)OCCO4)nc(Cl)n2)cc1.